The second-order valence-electron chi connectivity index (χ2n) is 3.30. The van der Waals surface area contributed by atoms with Crippen LogP contribution in [0.5, 0.6) is 0 Å². The molecule has 0 aromatic carbocycles. The molecule has 0 spiro atoms. The number of rotatable bonds is 2. The van der Waals surface area contributed by atoms with Gasteiger partial charge < -0.3 is 11.1 Å². The molecule has 17 heavy (non-hydrogen) atoms. The fourth-order valence-electron chi connectivity index (χ4n) is 1.21. The van der Waals surface area contributed by atoms with Gasteiger partial charge in [0, 0.05) is 11.9 Å². The van der Waals surface area contributed by atoms with Gasteiger partial charge in [0.2, 0.25) is 0 Å². The highest BCUT2D eigenvalue weighted by Gasteiger charge is 2.07. The second-order valence-corrected chi connectivity index (χ2v) is 3.69. The quantitative estimate of drug-likeness (QED) is 0.796. The zero-order valence-electron chi connectivity index (χ0n) is 8.72. The molecule has 86 valence electrons. The summed E-state index contributed by atoms with van der Waals surface area (Å²) in [6.45, 7) is 0. The van der Waals surface area contributed by atoms with E-state index in [1.807, 2.05) is 0 Å². The van der Waals surface area contributed by atoms with E-state index in [0.717, 1.165) is 0 Å². The van der Waals surface area contributed by atoms with Crippen LogP contribution in [-0.4, -0.2) is 15.9 Å². The Bertz CT molecular complexity index is 541. The highest BCUT2D eigenvalue weighted by molar-refractivity contribution is 6.29. The van der Waals surface area contributed by atoms with Gasteiger partial charge in [-0.2, -0.15) is 0 Å². The Morgan fingerprint density at radius 3 is 2.76 bits per heavy atom. The lowest BCUT2D eigenvalue weighted by atomic mass is 10.3. The van der Waals surface area contributed by atoms with E-state index in [1.165, 1.54) is 12.4 Å². The molecule has 0 aliphatic heterocycles. The minimum atomic E-state index is -0.327. The molecule has 2 heterocycles. The maximum absolute atomic E-state index is 11.8. The van der Waals surface area contributed by atoms with Gasteiger partial charge in [0.1, 0.15) is 10.8 Å². The van der Waals surface area contributed by atoms with Gasteiger partial charge >= 0.3 is 0 Å². The van der Waals surface area contributed by atoms with Crippen LogP contribution in [0.2, 0.25) is 5.15 Å². The zero-order valence-corrected chi connectivity index (χ0v) is 9.48. The van der Waals surface area contributed by atoms with Crippen molar-refractivity contribution in [2.45, 2.75) is 0 Å². The lowest BCUT2D eigenvalue weighted by molar-refractivity contribution is 0.102. The van der Waals surface area contributed by atoms with E-state index < -0.39 is 0 Å². The van der Waals surface area contributed by atoms with Crippen molar-refractivity contribution in [1.29, 1.82) is 0 Å². The van der Waals surface area contributed by atoms with E-state index in [4.69, 9.17) is 17.3 Å². The van der Waals surface area contributed by atoms with Gasteiger partial charge in [0.05, 0.1) is 11.9 Å². The van der Waals surface area contributed by atoms with Crippen LogP contribution < -0.4 is 11.1 Å². The molecule has 5 nitrogen and oxygen atoms in total. The fourth-order valence-corrected chi connectivity index (χ4v) is 1.39. The number of carbonyl (C=O) groups excluding carboxylic acids is 1. The molecule has 0 radical (unpaired) electrons. The van der Waals surface area contributed by atoms with E-state index in [9.17, 15) is 4.79 Å². The monoisotopic (exact) mass is 248 g/mol. The molecule has 3 N–H and O–H groups in total. The van der Waals surface area contributed by atoms with Crippen LogP contribution in [0, 0.1) is 0 Å². The lowest BCUT2D eigenvalue weighted by Gasteiger charge is -2.04. The third-order valence-corrected chi connectivity index (χ3v) is 2.21. The highest BCUT2D eigenvalue weighted by Crippen LogP contribution is 2.13. The summed E-state index contributed by atoms with van der Waals surface area (Å²) in [6, 6.07) is 6.35. The maximum atomic E-state index is 11.8. The first-order valence-corrected chi connectivity index (χ1v) is 5.17. The molecule has 0 saturated heterocycles. The van der Waals surface area contributed by atoms with Gasteiger partial charge in [-0.05, 0) is 24.3 Å². The third-order valence-electron chi connectivity index (χ3n) is 2.00. The summed E-state index contributed by atoms with van der Waals surface area (Å²) in [6.07, 6.45) is 2.93. The number of nitrogen functional groups attached to an aromatic ring is 1. The van der Waals surface area contributed by atoms with Crippen LogP contribution in [0.1, 0.15) is 10.5 Å². The number of nitrogens with zero attached hydrogens (tertiary/aromatic N) is 2. The summed E-state index contributed by atoms with van der Waals surface area (Å²) >= 11 is 5.70. The topological polar surface area (TPSA) is 80.9 Å². The van der Waals surface area contributed by atoms with Gasteiger partial charge in [-0.15, -0.1) is 0 Å². The van der Waals surface area contributed by atoms with Crippen molar-refractivity contribution in [1.82, 2.24) is 9.97 Å². The number of hydrogen-bond donors (Lipinski definition) is 2. The maximum Gasteiger partial charge on any atom is 0.274 e. The summed E-state index contributed by atoms with van der Waals surface area (Å²) in [4.78, 5) is 19.5. The van der Waals surface area contributed by atoms with Crippen LogP contribution in [0.15, 0.2) is 36.7 Å². The molecule has 1 amide bonds. The summed E-state index contributed by atoms with van der Waals surface area (Å²) in [5.74, 6) is -0.327. The molecule has 0 saturated carbocycles. The summed E-state index contributed by atoms with van der Waals surface area (Å²) in [7, 11) is 0. The predicted octanol–water partition coefficient (Wildman–Crippen LogP) is 1.96. The molecular formula is C11H9ClN4O. The standard InChI is InChI=1S/C11H9ClN4O/c12-10-5-8(3-4-14-10)16-11(17)9-2-1-7(13)6-15-9/h1-6H,13H2,(H,14,16,17). The number of nitrogens with one attached hydrogen (secondary N) is 1. The molecule has 0 aliphatic rings. The molecule has 0 aliphatic carbocycles. The zero-order chi connectivity index (χ0) is 12.3. The second kappa shape index (κ2) is 4.80. The Hall–Kier alpha value is -2.14. The van der Waals surface area contributed by atoms with Crippen molar-refractivity contribution < 1.29 is 4.79 Å². The number of hydrogen-bond acceptors (Lipinski definition) is 4. The third kappa shape index (κ3) is 2.92. The number of aromatic nitrogens is 2. The van der Waals surface area contributed by atoms with Gasteiger partial charge in [0.25, 0.3) is 5.91 Å². The summed E-state index contributed by atoms with van der Waals surface area (Å²) in [5, 5.41) is 2.96. The van der Waals surface area contributed by atoms with Crippen LogP contribution >= 0.6 is 11.6 Å². The molecule has 0 fully saturated rings. The van der Waals surface area contributed by atoms with Crippen molar-refractivity contribution in [3.63, 3.8) is 0 Å². The molecule has 2 aromatic rings. The average Bonchev–Trinajstić information content (AvgIpc) is 2.29. The Morgan fingerprint density at radius 1 is 1.29 bits per heavy atom. The van der Waals surface area contributed by atoms with Crippen LogP contribution in [0.4, 0.5) is 11.4 Å². The molecule has 0 bridgehead atoms. The van der Waals surface area contributed by atoms with E-state index in [0.29, 0.717) is 16.5 Å². The van der Waals surface area contributed by atoms with Crippen molar-refractivity contribution in [2.75, 3.05) is 11.1 Å². The minimum absolute atomic E-state index is 0.284. The van der Waals surface area contributed by atoms with Crippen LogP contribution in [0.3, 0.4) is 0 Å². The molecule has 0 atom stereocenters. The van der Waals surface area contributed by atoms with Crippen molar-refractivity contribution in [3.05, 3.63) is 47.5 Å². The van der Waals surface area contributed by atoms with E-state index in [2.05, 4.69) is 15.3 Å². The first-order valence-electron chi connectivity index (χ1n) is 4.79. The first kappa shape index (κ1) is 11.3. The minimum Gasteiger partial charge on any atom is -0.397 e. The smallest absolute Gasteiger partial charge is 0.274 e. The Balaban J connectivity index is 2.14. The first-order chi connectivity index (χ1) is 8.15. The lowest BCUT2D eigenvalue weighted by Crippen LogP contribution is -2.13. The normalized spacial score (nSPS) is 9.94. The number of carbonyl (C=O) groups is 1. The number of pyridine rings is 2. The van der Waals surface area contributed by atoms with E-state index >= 15 is 0 Å². The molecule has 0 unspecified atom stereocenters. The van der Waals surface area contributed by atoms with Gasteiger partial charge in [-0.3, -0.25) is 4.79 Å². The fraction of sp³-hybridized carbons (Fsp3) is 0. The van der Waals surface area contributed by atoms with E-state index in [1.54, 1.807) is 24.3 Å². The summed E-state index contributed by atoms with van der Waals surface area (Å²) < 4.78 is 0. The average molecular weight is 249 g/mol. The SMILES string of the molecule is Nc1ccc(C(=O)Nc2ccnc(Cl)c2)nc1. The summed E-state index contributed by atoms with van der Waals surface area (Å²) in [5.41, 5.74) is 6.84. The van der Waals surface area contributed by atoms with Gasteiger partial charge in [-0.1, -0.05) is 11.6 Å². The van der Waals surface area contributed by atoms with E-state index in [-0.39, 0.29) is 11.6 Å². The van der Waals surface area contributed by atoms with Crippen LogP contribution in [-0.2, 0) is 0 Å². The Labute approximate surface area is 103 Å². The molecule has 2 rings (SSSR count). The largest absolute Gasteiger partial charge is 0.397 e. The van der Waals surface area contributed by atoms with Crippen molar-refractivity contribution >= 4 is 28.9 Å². The van der Waals surface area contributed by atoms with Gasteiger partial charge in [-0.25, -0.2) is 9.97 Å². The predicted molar refractivity (Wildman–Crippen MR) is 65.8 cm³/mol. The highest BCUT2D eigenvalue weighted by atomic mass is 35.5. The number of nitrogens with two attached hydrogens (primary N) is 1. The number of anilines is 2. The number of amides is 1. The molecular weight excluding hydrogens is 240 g/mol. The molecule has 2 aromatic heterocycles. The van der Waals surface area contributed by atoms with Crippen molar-refractivity contribution in [2.24, 2.45) is 0 Å². The van der Waals surface area contributed by atoms with Gasteiger partial charge in [0.15, 0.2) is 0 Å². The van der Waals surface area contributed by atoms with Crippen molar-refractivity contribution in [3.8, 4) is 0 Å². The Kier molecular flexibility index (Phi) is 3.20. The Morgan fingerprint density at radius 2 is 2.12 bits per heavy atom. The molecule has 6 heteroatoms. The number of halogens is 1. The van der Waals surface area contributed by atoms with Crippen LogP contribution in [0.25, 0.3) is 0 Å².